The Morgan fingerprint density at radius 1 is 1.07 bits per heavy atom. The first-order chi connectivity index (χ1) is 13.6. The highest BCUT2D eigenvalue weighted by atomic mass is 19.1. The molecule has 0 radical (unpaired) electrons. The number of fused-ring (bicyclic) bond motifs is 4. The van der Waals surface area contributed by atoms with Gasteiger partial charge < -0.3 is 9.88 Å². The number of aromatic amines is 2. The number of benzene rings is 2. The maximum Gasteiger partial charge on any atom is 0.159 e. The summed E-state index contributed by atoms with van der Waals surface area (Å²) in [5, 5.41) is 7.09. The van der Waals surface area contributed by atoms with Gasteiger partial charge in [0.05, 0.1) is 21.9 Å². The molecule has 6 rings (SSSR count). The Kier molecular flexibility index (Phi) is 3.15. The number of likely N-dealkylation sites (tertiary alicyclic amines) is 1. The Bertz CT molecular complexity index is 1230. The molecule has 6 nitrogen and oxygen atoms in total. The van der Waals surface area contributed by atoms with Gasteiger partial charge in [0.15, 0.2) is 5.82 Å². The number of halogens is 2. The lowest BCUT2D eigenvalue weighted by molar-refractivity contribution is 0.292. The molecular weight excluding hydrogens is 362 g/mol. The molecule has 2 aliphatic heterocycles. The van der Waals surface area contributed by atoms with Gasteiger partial charge in [0.2, 0.25) is 0 Å². The summed E-state index contributed by atoms with van der Waals surface area (Å²) in [7, 11) is 2.19. The van der Waals surface area contributed by atoms with Crippen molar-refractivity contribution in [3.05, 3.63) is 42.0 Å². The van der Waals surface area contributed by atoms with Crippen molar-refractivity contribution in [2.45, 2.75) is 18.5 Å². The van der Waals surface area contributed by atoms with Gasteiger partial charge in [0, 0.05) is 36.9 Å². The Morgan fingerprint density at radius 3 is 2.75 bits per heavy atom. The number of piperazine rings is 1. The van der Waals surface area contributed by atoms with Gasteiger partial charge in [-0.3, -0.25) is 10.00 Å². The fourth-order valence-corrected chi connectivity index (χ4v) is 4.72. The Balaban J connectivity index is 1.42. The van der Waals surface area contributed by atoms with Crippen molar-refractivity contribution in [2.24, 2.45) is 0 Å². The van der Waals surface area contributed by atoms with Gasteiger partial charge in [-0.1, -0.05) is 0 Å². The fraction of sp³-hybridized carbons (Fsp3) is 0.300. The lowest BCUT2D eigenvalue weighted by Crippen LogP contribution is -2.44. The molecule has 4 heterocycles. The van der Waals surface area contributed by atoms with Gasteiger partial charge in [-0.2, -0.15) is 5.10 Å². The average Bonchev–Trinajstić information content (AvgIpc) is 3.41. The van der Waals surface area contributed by atoms with E-state index in [4.69, 9.17) is 0 Å². The predicted molar refractivity (Wildman–Crippen MR) is 103 cm³/mol. The number of rotatable bonds is 2. The monoisotopic (exact) mass is 380 g/mol. The maximum absolute atomic E-state index is 14.3. The normalized spacial score (nSPS) is 22.2. The standard InChI is InChI=1S/C20H18F2N6/c1-27-8-13-6-12(27)9-28(13)11-2-3-15-16(7-11)24-20(23-15)19-18-14(22)4-10(21)5-17(18)25-26-19/h2-5,7,12-13H,6,8-9H2,1H3,(H,23,24)(H,25,26). The molecule has 2 aromatic heterocycles. The van der Waals surface area contributed by atoms with Gasteiger partial charge >= 0.3 is 0 Å². The highest BCUT2D eigenvalue weighted by molar-refractivity contribution is 5.94. The lowest BCUT2D eigenvalue weighted by atomic mass is 10.2. The minimum atomic E-state index is -0.655. The largest absolute Gasteiger partial charge is 0.366 e. The van der Waals surface area contributed by atoms with Crippen LogP contribution in [0.5, 0.6) is 0 Å². The van der Waals surface area contributed by atoms with Gasteiger partial charge in [-0.05, 0) is 37.7 Å². The molecule has 0 aliphatic carbocycles. The number of hydrogen-bond donors (Lipinski definition) is 2. The van der Waals surface area contributed by atoms with Crippen molar-refractivity contribution in [1.82, 2.24) is 25.1 Å². The van der Waals surface area contributed by atoms with E-state index < -0.39 is 11.6 Å². The summed E-state index contributed by atoms with van der Waals surface area (Å²) in [6.45, 7) is 2.13. The summed E-state index contributed by atoms with van der Waals surface area (Å²) in [4.78, 5) is 12.7. The van der Waals surface area contributed by atoms with Crippen LogP contribution in [0, 0.1) is 11.6 Å². The molecule has 2 aliphatic rings. The number of imidazole rings is 1. The third-order valence-electron chi connectivity index (χ3n) is 6.12. The Hall–Kier alpha value is -3.00. The third kappa shape index (κ3) is 2.21. The quantitative estimate of drug-likeness (QED) is 0.560. The molecule has 2 saturated heterocycles. The zero-order valence-electron chi connectivity index (χ0n) is 15.2. The fourth-order valence-electron chi connectivity index (χ4n) is 4.72. The van der Waals surface area contributed by atoms with Crippen LogP contribution < -0.4 is 4.90 Å². The first kappa shape index (κ1) is 16.0. The van der Waals surface area contributed by atoms with Crippen molar-refractivity contribution >= 4 is 27.6 Å². The number of nitrogens with zero attached hydrogens (tertiary/aromatic N) is 4. The molecule has 0 spiro atoms. The van der Waals surface area contributed by atoms with Crippen LogP contribution in [0.15, 0.2) is 30.3 Å². The zero-order valence-corrected chi connectivity index (χ0v) is 15.2. The SMILES string of the molecule is CN1CC2CC1CN2c1ccc2nc(-c3n[nH]c4cc(F)cc(F)c34)[nH]c2c1. The van der Waals surface area contributed by atoms with Crippen LogP contribution >= 0.6 is 0 Å². The van der Waals surface area contributed by atoms with E-state index in [2.05, 4.69) is 49.1 Å². The number of anilines is 1. The number of hydrogen-bond acceptors (Lipinski definition) is 4. The lowest BCUT2D eigenvalue weighted by Gasteiger charge is -2.33. The van der Waals surface area contributed by atoms with Crippen molar-refractivity contribution in [2.75, 3.05) is 25.0 Å². The first-order valence-electron chi connectivity index (χ1n) is 9.37. The maximum atomic E-state index is 14.3. The van der Waals surface area contributed by atoms with E-state index in [1.165, 1.54) is 18.2 Å². The molecule has 2 bridgehead atoms. The zero-order chi connectivity index (χ0) is 19.0. The van der Waals surface area contributed by atoms with E-state index in [1.54, 1.807) is 0 Å². The molecule has 8 heteroatoms. The summed E-state index contributed by atoms with van der Waals surface area (Å²) in [6.07, 6.45) is 1.21. The highest BCUT2D eigenvalue weighted by Crippen LogP contribution is 2.35. The minimum absolute atomic E-state index is 0.237. The van der Waals surface area contributed by atoms with E-state index in [-0.39, 0.29) is 5.39 Å². The number of H-pyrrole nitrogens is 2. The number of likely N-dealkylation sites (N-methyl/N-ethyl adjacent to an activating group) is 1. The van der Waals surface area contributed by atoms with Crippen LogP contribution in [0.4, 0.5) is 14.5 Å². The van der Waals surface area contributed by atoms with E-state index in [0.717, 1.165) is 30.2 Å². The molecule has 2 fully saturated rings. The van der Waals surface area contributed by atoms with Crippen LogP contribution in [0.1, 0.15) is 6.42 Å². The molecule has 4 aromatic rings. The highest BCUT2D eigenvalue weighted by Gasteiger charge is 2.41. The topological polar surface area (TPSA) is 63.8 Å². The summed E-state index contributed by atoms with van der Waals surface area (Å²) in [6, 6.07) is 9.43. The molecule has 2 N–H and O–H groups in total. The van der Waals surface area contributed by atoms with Gasteiger partial charge in [-0.15, -0.1) is 0 Å². The van der Waals surface area contributed by atoms with E-state index in [1.807, 2.05) is 6.07 Å². The van der Waals surface area contributed by atoms with Gasteiger partial charge in [-0.25, -0.2) is 13.8 Å². The molecule has 2 aromatic carbocycles. The van der Waals surface area contributed by atoms with Crippen molar-refractivity contribution in [1.29, 1.82) is 0 Å². The average molecular weight is 380 g/mol. The molecule has 142 valence electrons. The van der Waals surface area contributed by atoms with E-state index >= 15 is 0 Å². The molecule has 2 atom stereocenters. The molecule has 0 amide bonds. The summed E-state index contributed by atoms with van der Waals surface area (Å²) >= 11 is 0. The van der Waals surface area contributed by atoms with Crippen LogP contribution in [0.25, 0.3) is 33.5 Å². The van der Waals surface area contributed by atoms with Crippen LogP contribution in [0.2, 0.25) is 0 Å². The van der Waals surface area contributed by atoms with Crippen molar-refractivity contribution in [3.63, 3.8) is 0 Å². The second kappa shape index (κ2) is 5.51. The summed E-state index contributed by atoms with van der Waals surface area (Å²) in [5.41, 5.74) is 3.50. The second-order valence-electron chi connectivity index (χ2n) is 7.80. The number of aromatic nitrogens is 4. The van der Waals surface area contributed by atoms with Crippen molar-refractivity contribution in [3.8, 4) is 11.5 Å². The first-order valence-corrected chi connectivity index (χ1v) is 9.37. The van der Waals surface area contributed by atoms with Gasteiger partial charge in [0.1, 0.15) is 17.3 Å². The predicted octanol–water partition coefficient (Wildman–Crippen LogP) is 3.28. The van der Waals surface area contributed by atoms with Crippen LogP contribution in [0.3, 0.4) is 0 Å². The molecule has 0 saturated carbocycles. The minimum Gasteiger partial charge on any atom is -0.366 e. The van der Waals surface area contributed by atoms with E-state index in [0.29, 0.717) is 29.1 Å². The third-order valence-corrected chi connectivity index (χ3v) is 6.12. The van der Waals surface area contributed by atoms with Gasteiger partial charge in [0.25, 0.3) is 0 Å². The molecule has 2 unspecified atom stereocenters. The molecule has 28 heavy (non-hydrogen) atoms. The summed E-state index contributed by atoms with van der Waals surface area (Å²) in [5.74, 6) is -0.830. The van der Waals surface area contributed by atoms with Crippen LogP contribution in [-0.2, 0) is 0 Å². The Morgan fingerprint density at radius 2 is 1.96 bits per heavy atom. The second-order valence-corrected chi connectivity index (χ2v) is 7.80. The number of nitrogens with one attached hydrogen (secondary N) is 2. The summed E-state index contributed by atoms with van der Waals surface area (Å²) < 4.78 is 27.8. The Labute approximate surface area is 159 Å². The van der Waals surface area contributed by atoms with Crippen LogP contribution in [-0.4, -0.2) is 57.3 Å². The smallest absolute Gasteiger partial charge is 0.159 e. The molecular formula is C20H18F2N6. The van der Waals surface area contributed by atoms with Crippen molar-refractivity contribution < 1.29 is 8.78 Å². The van der Waals surface area contributed by atoms with E-state index in [9.17, 15) is 8.78 Å².